The number of anilines is 2. The highest BCUT2D eigenvalue weighted by molar-refractivity contribution is 7.16. The number of thiophene rings is 1. The minimum atomic E-state index is -0.429. The standard InChI is InChI=1S/C31H37N9O3S/c1-15(19-8-6-12-39(19)2)40-29-22(30(37-40)42-3)27(34-18-13-20(18)41)35-28(36-29)24-16-7-4-10-31(25(16)43-38-24)11-5-9-21-23(31)17(14-32)26(33)44-21/h15,18-20,41H,4-13,33H2,1-3H3,(H,34,35,36)/t15-,18+,19-,20+,31-/m0/s1. The van der Waals surface area contributed by atoms with Gasteiger partial charge in [-0.2, -0.15) is 5.26 Å². The Morgan fingerprint density at radius 2 is 2.05 bits per heavy atom. The fourth-order valence-corrected chi connectivity index (χ4v) is 9.24. The van der Waals surface area contributed by atoms with Crippen molar-refractivity contribution in [1.82, 2.24) is 29.8 Å². The molecule has 1 saturated carbocycles. The number of aromatic nitrogens is 5. The zero-order valence-corrected chi connectivity index (χ0v) is 26.1. The summed E-state index contributed by atoms with van der Waals surface area (Å²) in [6.07, 6.45) is 7.85. The Kier molecular flexibility index (Phi) is 6.41. The molecule has 4 N–H and O–H groups in total. The monoisotopic (exact) mass is 615 g/mol. The van der Waals surface area contributed by atoms with Gasteiger partial charge in [0.05, 0.1) is 36.3 Å². The van der Waals surface area contributed by atoms with Gasteiger partial charge >= 0.3 is 0 Å². The quantitative estimate of drug-likeness (QED) is 0.285. The SMILES string of the molecule is COc1nn([C@@H](C)[C@@H]2CCCN2C)c2nc(-c3noc4c3CCC[C@@]43CCCc4sc(N)c(C#N)c43)nc(N[C@@H]3C[C@H]3O)c12. The van der Waals surface area contributed by atoms with Gasteiger partial charge in [0.25, 0.3) is 0 Å². The third-order valence-corrected chi connectivity index (χ3v) is 11.5. The number of likely N-dealkylation sites (N-methyl/N-ethyl adjacent to an activating group) is 1. The molecule has 4 aromatic rings. The van der Waals surface area contributed by atoms with E-state index < -0.39 is 11.5 Å². The van der Waals surface area contributed by atoms with Gasteiger partial charge in [-0.15, -0.1) is 16.4 Å². The van der Waals surface area contributed by atoms with Gasteiger partial charge in [-0.25, -0.2) is 14.6 Å². The van der Waals surface area contributed by atoms with E-state index in [4.69, 9.17) is 30.1 Å². The largest absolute Gasteiger partial charge is 0.479 e. The van der Waals surface area contributed by atoms with Crippen molar-refractivity contribution in [3.8, 4) is 23.5 Å². The van der Waals surface area contributed by atoms with Gasteiger partial charge in [0.1, 0.15) is 22.3 Å². The summed E-state index contributed by atoms with van der Waals surface area (Å²) in [5, 5.41) is 34.5. The summed E-state index contributed by atoms with van der Waals surface area (Å²) in [4.78, 5) is 13.7. The van der Waals surface area contributed by atoms with Crippen LogP contribution in [0.5, 0.6) is 5.88 Å². The van der Waals surface area contributed by atoms with E-state index in [1.54, 1.807) is 7.11 Å². The number of aryl methyl sites for hydroxylation is 1. The van der Waals surface area contributed by atoms with E-state index >= 15 is 0 Å². The summed E-state index contributed by atoms with van der Waals surface area (Å²) < 4.78 is 14.0. The summed E-state index contributed by atoms with van der Waals surface area (Å²) in [5.74, 6) is 2.29. The van der Waals surface area contributed by atoms with Crippen LogP contribution in [0, 0.1) is 11.3 Å². The van der Waals surface area contributed by atoms with Crippen molar-refractivity contribution in [3.63, 3.8) is 0 Å². The Morgan fingerprint density at radius 1 is 1.25 bits per heavy atom. The number of aliphatic hydroxyl groups is 1. The molecule has 2 fully saturated rings. The zero-order chi connectivity index (χ0) is 30.3. The number of hydrogen-bond donors (Lipinski definition) is 3. The van der Waals surface area contributed by atoms with Crippen molar-refractivity contribution in [3.05, 3.63) is 27.3 Å². The first-order valence-corrected chi connectivity index (χ1v) is 16.5. The smallest absolute Gasteiger partial charge is 0.246 e. The molecule has 1 aliphatic heterocycles. The van der Waals surface area contributed by atoms with E-state index in [0.717, 1.165) is 74.8 Å². The normalized spacial score (nSPS) is 26.8. The third kappa shape index (κ3) is 4.00. The number of rotatable bonds is 6. The van der Waals surface area contributed by atoms with Crippen molar-refractivity contribution in [1.29, 1.82) is 5.26 Å². The van der Waals surface area contributed by atoms with Gasteiger partial charge in [0.15, 0.2) is 22.9 Å². The second kappa shape index (κ2) is 10.2. The fourth-order valence-electron chi connectivity index (χ4n) is 8.08. The van der Waals surface area contributed by atoms with Gasteiger partial charge in [0, 0.05) is 16.5 Å². The van der Waals surface area contributed by atoms with Crippen LogP contribution in [-0.4, -0.2) is 73.8 Å². The molecule has 13 heteroatoms. The lowest BCUT2D eigenvalue weighted by Gasteiger charge is -2.39. The number of nitrogens with zero attached hydrogens (tertiary/aromatic N) is 7. The number of methoxy groups -OCH3 is 1. The fraction of sp³-hybridized carbons (Fsp3) is 0.581. The van der Waals surface area contributed by atoms with Crippen LogP contribution in [0.3, 0.4) is 0 Å². The molecule has 4 aromatic heterocycles. The van der Waals surface area contributed by atoms with Gasteiger partial charge in [-0.05, 0) is 83.9 Å². The lowest BCUT2D eigenvalue weighted by molar-refractivity contribution is 0.229. The van der Waals surface area contributed by atoms with E-state index in [9.17, 15) is 10.4 Å². The Balaban J connectivity index is 1.30. The van der Waals surface area contributed by atoms with Crippen LogP contribution >= 0.6 is 11.3 Å². The van der Waals surface area contributed by atoms with Crippen molar-refractivity contribution in [2.45, 2.75) is 94.4 Å². The second-order valence-corrected chi connectivity index (χ2v) is 14.0. The van der Waals surface area contributed by atoms with Gasteiger partial charge in [-0.3, -0.25) is 0 Å². The highest BCUT2D eigenvalue weighted by atomic mass is 32.1. The maximum atomic E-state index is 10.2. The number of hydrogen-bond acceptors (Lipinski definition) is 12. The lowest BCUT2D eigenvalue weighted by Crippen LogP contribution is -2.35. The van der Waals surface area contributed by atoms with Crippen LogP contribution in [0.25, 0.3) is 22.6 Å². The van der Waals surface area contributed by atoms with Crippen LogP contribution in [0.1, 0.15) is 85.2 Å². The van der Waals surface area contributed by atoms with Crippen LogP contribution in [0.15, 0.2) is 4.52 Å². The number of fused-ring (bicyclic) bond motifs is 5. The van der Waals surface area contributed by atoms with Crippen molar-refractivity contribution in [2.75, 3.05) is 31.8 Å². The number of aliphatic hydroxyl groups excluding tert-OH is 1. The van der Waals surface area contributed by atoms with Crippen LogP contribution in [0.4, 0.5) is 10.8 Å². The third-order valence-electron chi connectivity index (χ3n) is 10.4. The molecule has 4 aliphatic rings. The average Bonchev–Trinajstić information content (AvgIpc) is 3.48. The average molecular weight is 616 g/mol. The summed E-state index contributed by atoms with van der Waals surface area (Å²) in [7, 11) is 3.77. The van der Waals surface area contributed by atoms with Crippen LogP contribution in [0.2, 0.25) is 0 Å². The Morgan fingerprint density at radius 3 is 2.75 bits per heavy atom. The first-order valence-electron chi connectivity index (χ1n) is 15.6. The topological polar surface area (TPSA) is 164 Å². The molecule has 8 rings (SSSR count). The Hall–Kier alpha value is -3.73. The predicted molar refractivity (Wildman–Crippen MR) is 166 cm³/mol. The van der Waals surface area contributed by atoms with Crippen molar-refractivity contribution >= 4 is 33.2 Å². The first kappa shape index (κ1) is 27.8. The van der Waals surface area contributed by atoms with Crippen LogP contribution in [-0.2, 0) is 18.3 Å². The first-order chi connectivity index (χ1) is 21.3. The van der Waals surface area contributed by atoms with Crippen LogP contribution < -0.4 is 15.8 Å². The molecule has 44 heavy (non-hydrogen) atoms. The molecule has 0 amide bonds. The summed E-state index contributed by atoms with van der Waals surface area (Å²) in [6, 6.07) is 2.65. The van der Waals surface area contributed by atoms with Gasteiger partial charge in [0.2, 0.25) is 5.88 Å². The molecule has 5 heterocycles. The number of ether oxygens (including phenoxy) is 1. The predicted octanol–water partition coefficient (Wildman–Crippen LogP) is 4.16. The molecule has 230 valence electrons. The van der Waals surface area contributed by atoms with E-state index in [0.29, 0.717) is 57.3 Å². The Bertz CT molecular complexity index is 1820. The Labute approximate surface area is 259 Å². The molecule has 3 aliphatic carbocycles. The number of nitriles is 1. The minimum absolute atomic E-state index is 0.0413. The summed E-state index contributed by atoms with van der Waals surface area (Å²) in [5.41, 5.74) is 9.83. The maximum Gasteiger partial charge on any atom is 0.246 e. The van der Waals surface area contributed by atoms with E-state index in [1.807, 2.05) is 4.68 Å². The number of nitrogens with one attached hydrogen (secondary N) is 1. The highest BCUT2D eigenvalue weighted by Crippen LogP contribution is 2.55. The molecular formula is C31H37N9O3S. The molecule has 12 nitrogen and oxygen atoms in total. The zero-order valence-electron chi connectivity index (χ0n) is 25.3. The summed E-state index contributed by atoms with van der Waals surface area (Å²) >= 11 is 1.54. The lowest BCUT2D eigenvalue weighted by atomic mass is 9.63. The van der Waals surface area contributed by atoms with E-state index in [-0.39, 0.29) is 12.1 Å². The van der Waals surface area contributed by atoms with Gasteiger partial charge in [-0.1, -0.05) is 5.16 Å². The molecule has 5 atom stereocenters. The van der Waals surface area contributed by atoms with E-state index in [2.05, 4.69) is 35.4 Å². The summed E-state index contributed by atoms with van der Waals surface area (Å²) in [6.45, 7) is 3.23. The molecule has 0 radical (unpaired) electrons. The maximum absolute atomic E-state index is 10.2. The second-order valence-electron chi connectivity index (χ2n) is 12.9. The number of nitrogen functional groups attached to an aromatic ring is 1. The van der Waals surface area contributed by atoms with Gasteiger partial charge < -0.3 is 30.3 Å². The number of likely N-dealkylation sites (tertiary alicyclic amines) is 1. The molecule has 0 bridgehead atoms. The van der Waals surface area contributed by atoms with E-state index in [1.165, 1.54) is 16.2 Å². The molecule has 1 spiro atoms. The minimum Gasteiger partial charge on any atom is -0.479 e. The molecular weight excluding hydrogens is 578 g/mol. The highest BCUT2D eigenvalue weighted by Gasteiger charge is 2.49. The molecule has 0 unspecified atom stereocenters. The molecule has 1 saturated heterocycles. The van der Waals surface area contributed by atoms with Crippen molar-refractivity contribution < 1.29 is 14.4 Å². The molecule has 0 aromatic carbocycles. The van der Waals surface area contributed by atoms with Crippen molar-refractivity contribution in [2.24, 2.45) is 0 Å². The number of nitrogens with two attached hydrogens (primary N) is 1.